The third-order valence-corrected chi connectivity index (χ3v) is 6.86. The molecule has 0 bridgehead atoms. The lowest BCUT2D eigenvalue weighted by molar-refractivity contribution is 0.401. The number of rotatable bonds is 3. The Kier molecular flexibility index (Phi) is 4.36. The molecule has 2 N–H and O–H groups in total. The largest absolute Gasteiger partial charge is 0.495 e. The van der Waals surface area contributed by atoms with Crippen LogP contribution in [-0.2, 0) is 9.84 Å². The Balaban J connectivity index is 2.30. The molecule has 138 valence electrons. The first-order valence-corrected chi connectivity index (χ1v) is 9.63. The van der Waals surface area contributed by atoms with E-state index in [0.717, 1.165) is 0 Å². The molecular weight excluding hydrogens is 376 g/mol. The van der Waals surface area contributed by atoms with Gasteiger partial charge in [-0.05, 0) is 26.8 Å². The molecule has 0 unspecified atom stereocenters. The summed E-state index contributed by atoms with van der Waals surface area (Å²) < 4.78 is 32.0. The van der Waals surface area contributed by atoms with Gasteiger partial charge in [0.05, 0.1) is 28.8 Å². The van der Waals surface area contributed by atoms with Gasteiger partial charge in [0.2, 0.25) is 0 Å². The predicted octanol–water partition coefficient (Wildman–Crippen LogP) is 3.21. The number of hydrogen-bond acceptors (Lipinski definition) is 6. The van der Waals surface area contributed by atoms with Gasteiger partial charge >= 0.3 is 0 Å². The van der Waals surface area contributed by atoms with Crippen molar-refractivity contribution in [1.29, 1.82) is 0 Å². The fourth-order valence-electron chi connectivity index (χ4n) is 2.48. The van der Waals surface area contributed by atoms with Gasteiger partial charge in [0.1, 0.15) is 22.1 Å². The molecule has 0 aromatic carbocycles. The van der Waals surface area contributed by atoms with Crippen LogP contribution < -0.4 is 10.5 Å². The normalized spacial score (nSPS) is 12.5. The van der Waals surface area contributed by atoms with E-state index in [0.29, 0.717) is 21.9 Å². The van der Waals surface area contributed by atoms with Crippen molar-refractivity contribution in [1.82, 2.24) is 14.4 Å². The summed E-state index contributed by atoms with van der Waals surface area (Å²) in [5, 5.41) is 0.313. The number of pyridine rings is 2. The van der Waals surface area contributed by atoms with E-state index in [1.807, 2.05) is 0 Å². The number of nitrogens with zero attached hydrogens (tertiary/aromatic N) is 3. The lowest BCUT2D eigenvalue weighted by Crippen LogP contribution is -2.28. The summed E-state index contributed by atoms with van der Waals surface area (Å²) in [5.74, 6) is 0.472. The van der Waals surface area contributed by atoms with Gasteiger partial charge < -0.3 is 10.5 Å². The molecule has 3 rings (SSSR count). The van der Waals surface area contributed by atoms with Crippen LogP contribution in [0.4, 0.5) is 5.82 Å². The lowest BCUT2D eigenvalue weighted by Gasteiger charge is -2.21. The van der Waals surface area contributed by atoms with Crippen LogP contribution in [0.5, 0.6) is 5.75 Å². The van der Waals surface area contributed by atoms with Crippen LogP contribution >= 0.6 is 11.6 Å². The highest BCUT2D eigenvalue weighted by Gasteiger charge is 2.34. The third-order valence-electron chi connectivity index (χ3n) is 4.06. The van der Waals surface area contributed by atoms with Gasteiger partial charge in [-0.2, -0.15) is 0 Å². The highest BCUT2D eigenvalue weighted by Crippen LogP contribution is 2.34. The van der Waals surface area contributed by atoms with Crippen LogP contribution in [0.2, 0.25) is 5.02 Å². The minimum atomic E-state index is -3.64. The molecule has 0 saturated heterocycles. The van der Waals surface area contributed by atoms with Crippen LogP contribution in [0.15, 0.2) is 35.6 Å². The second-order valence-electron chi connectivity index (χ2n) is 6.78. The number of ether oxygens (including phenoxy) is 1. The van der Waals surface area contributed by atoms with Crippen molar-refractivity contribution in [3.63, 3.8) is 0 Å². The van der Waals surface area contributed by atoms with Gasteiger partial charge in [0.25, 0.3) is 0 Å². The number of nitrogen functional groups attached to an aromatic ring is 1. The fraction of sp³-hybridized carbons (Fsp3) is 0.294. The first-order chi connectivity index (χ1) is 12.1. The molecule has 3 aromatic heterocycles. The molecule has 0 atom stereocenters. The van der Waals surface area contributed by atoms with E-state index in [1.165, 1.54) is 13.3 Å². The highest BCUT2D eigenvalue weighted by atomic mass is 35.5. The molecule has 3 heterocycles. The zero-order valence-corrected chi connectivity index (χ0v) is 16.4. The van der Waals surface area contributed by atoms with Crippen LogP contribution in [0.25, 0.3) is 16.9 Å². The molecule has 0 aliphatic rings. The molecule has 0 aliphatic heterocycles. The van der Waals surface area contributed by atoms with Gasteiger partial charge in [0, 0.05) is 24.0 Å². The maximum Gasteiger partial charge on any atom is 0.188 e. The van der Waals surface area contributed by atoms with E-state index < -0.39 is 14.6 Å². The molecule has 0 saturated carbocycles. The lowest BCUT2D eigenvalue weighted by atomic mass is 10.2. The average molecular weight is 395 g/mol. The molecule has 0 aliphatic carbocycles. The third kappa shape index (κ3) is 2.89. The van der Waals surface area contributed by atoms with Crippen LogP contribution in [0.1, 0.15) is 20.8 Å². The molecule has 0 radical (unpaired) electrons. The van der Waals surface area contributed by atoms with Gasteiger partial charge in [0.15, 0.2) is 9.84 Å². The van der Waals surface area contributed by atoms with Crippen molar-refractivity contribution in [2.24, 2.45) is 0 Å². The Morgan fingerprint density at radius 2 is 1.88 bits per heavy atom. The average Bonchev–Trinajstić information content (AvgIpc) is 2.98. The van der Waals surface area contributed by atoms with Gasteiger partial charge in [-0.15, -0.1) is 0 Å². The predicted molar refractivity (Wildman–Crippen MR) is 101 cm³/mol. The Hall–Kier alpha value is -2.32. The van der Waals surface area contributed by atoms with Crippen LogP contribution in [-0.4, -0.2) is 34.6 Å². The van der Waals surface area contributed by atoms with E-state index in [9.17, 15) is 8.42 Å². The monoisotopic (exact) mass is 394 g/mol. The molecule has 0 fully saturated rings. The summed E-state index contributed by atoms with van der Waals surface area (Å²) in [6.45, 7) is 4.93. The summed E-state index contributed by atoms with van der Waals surface area (Å²) >= 11 is 6.06. The highest BCUT2D eigenvalue weighted by molar-refractivity contribution is 7.92. The SMILES string of the molecule is COc1cc2ncc(-c3cnc(N)c(Cl)c3)n2cc1S(=O)(=O)C(C)(C)C. The van der Waals surface area contributed by atoms with E-state index in [4.69, 9.17) is 22.1 Å². The Labute approximate surface area is 156 Å². The molecule has 0 spiro atoms. The van der Waals surface area contributed by atoms with Crippen molar-refractivity contribution in [2.75, 3.05) is 12.8 Å². The Morgan fingerprint density at radius 1 is 1.19 bits per heavy atom. The minimum absolute atomic E-state index is 0.0914. The van der Waals surface area contributed by atoms with Crippen molar-refractivity contribution in [3.05, 3.63) is 35.7 Å². The standard InChI is InChI=1S/C17H19ClN4O3S/c1-17(2,3)26(23,24)14-9-22-12(8-20-15(22)6-13(14)25-4)10-5-11(18)16(19)21-7-10/h5-9H,1-4H3,(H2,19,21). The van der Waals surface area contributed by atoms with Crippen molar-refractivity contribution >= 4 is 32.9 Å². The molecule has 0 amide bonds. The number of methoxy groups -OCH3 is 1. The quantitative estimate of drug-likeness (QED) is 0.732. The van der Waals surface area contributed by atoms with Crippen molar-refractivity contribution in [3.8, 4) is 17.0 Å². The van der Waals surface area contributed by atoms with E-state index in [1.54, 1.807) is 49.7 Å². The van der Waals surface area contributed by atoms with E-state index in [2.05, 4.69) is 9.97 Å². The fourth-order valence-corrected chi connectivity index (χ4v) is 3.96. The summed E-state index contributed by atoms with van der Waals surface area (Å²) in [6, 6.07) is 3.25. The number of fused-ring (bicyclic) bond motifs is 1. The maximum absolute atomic E-state index is 13.0. The molecule has 26 heavy (non-hydrogen) atoms. The minimum Gasteiger partial charge on any atom is -0.495 e. The number of halogens is 1. The molecule has 7 nitrogen and oxygen atoms in total. The van der Waals surface area contributed by atoms with Gasteiger partial charge in [-0.3, -0.25) is 4.40 Å². The van der Waals surface area contributed by atoms with Crippen LogP contribution in [0, 0.1) is 0 Å². The second-order valence-corrected chi connectivity index (χ2v) is 9.86. The number of nitrogens with two attached hydrogens (primary N) is 1. The maximum atomic E-state index is 13.0. The number of aromatic nitrogens is 3. The summed E-state index contributed by atoms with van der Waals surface area (Å²) in [5.41, 5.74) is 7.51. The van der Waals surface area contributed by atoms with Gasteiger partial charge in [-0.25, -0.2) is 18.4 Å². The molecular formula is C17H19ClN4O3S. The Bertz CT molecular complexity index is 1100. The number of imidazole rings is 1. The smallest absolute Gasteiger partial charge is 0.188 e. The number of anilines is 1. The first-order valence-electron chi connectivity index (χ1n) is 7.77. The first kappa shape index (κ1) is 18.5. The van der Waals surface area contributed by atoms with Crippen molar-refractivity contribution < 1.29 is 13.2 Å². The van der Waals surface area contributed by atoms with Crippen molar-refractivity contribution in [2.45, 2.75) is 30.4 Å². The van der Waals surface area contributed by atoms with E-state index in [-0.39, 0.29) is 16.5 Å². The number of sulfone groups is 1. The summed E-state index contributed by atoms with van der Waals surface area (Å²) in [7, 11) is -2.21. The summed E-state index contributed by atoms with van der Waals surface area (Å²) in [6.07, 6.45) is 4.69. The number of hydrogen-bond donors (Lipinski definition) is 1. The molecule has 9 heteroatoms. The zero-order chi connectivity index (χ0) is 19.3. The topological polar surface area (TPSA) is 99.6 Å². The van der Waals surface area contributed by atoms with E-state index >= 15 is 0 Å². The zero-order valence-electron chi connectivity index (χ0n) is 14.8. The van der Waals surface area contributed by atoms with Gasteiger partial charge in [-0.1, -0.05) is 11.6 Å². The second kappa shape index (κ2) is 6.14. The van der Waals surface area contributed by atoms with Crippen LogP contribution in [0.3, 0.4) is 0 Å². The Morgan fingerprint density at radius 3 is 2.46 bits per heavy atom. The summed E-state index contributed by atoms with van der Waals surface area (Å²) in [4.78, 5) is 8.47. The molecule has 3 aromatic rings.